The maximum Gasteiger partial charge on any atom is 0.261 e. The summed E-state index contributed by atoms with van der Waals surface area (Å²) < 4.78 is 40.9. The minimum Gasteiger partial charge on any atom is -0.374 e. The number of benzene rings is 1. The number of alkyl halides is 2. The molecule has 4 nitrogen and oxygen atoms in total. The summed E-state index contributed by atoms with van der Waals surface area (Å²) in [5.74, 6) is -0.786. The average Bonchev–Trinajstić information content (AvgIpc) is 2.33. The van der Waals surface area contributed by atoms with E-state index in [9.17, 15) is 18.0 Å². The van der Waals surface area contributed by atoms with Gasteiger partial charge in [-0.2, -0.15) is 0 Å². The monoisotopic (exact) mass is 276 g/mol. The third-order valence-electron chi connectivity index (χ3n) is 2.06. The van der Waals surface area contributed by atoms with Gasteiger partial charge in [0, 0.05) is 12.2 Å². The van der Waals surface area contributed by atoms with Gasteiger partial charge >= 0.3 is 0 Å². The van der Waals surface area contributed by atoms with Crippen molar-refractivity contribution < 1.29 is 22.7 Å². The summed E-state index contributed by atoms with van der Waals surface area (Å²) in [6.07, 6.45) is -2.49. The van der Waals surface area contributed by atoms with Crippen molar-refractivity contribution in [2.75, 3.05) is 31.6 Å². The Kier molecular flexibility index (Phi) is 6.91. The molecule has 0 aliphatic rings. The van der Waals surface area contributed by atoms with Crippen LogP contribution in [0.5, 0.6) is 0 Å². The lowest BCUT2D eigenvalue weighted by Crippen LogP contribution is -2.30. The molecule has 0 aromatic heterocycles. The summed E-state index contributed by atoms with van der Waals surface area (Å²) >= 11 is 0. The molecule has 1 amide bonds. The van der Waals surface area contributed by atoms with Gasteiger partial charge in [0.15, 0.2) is 0 Å². The smallest absolute Gasteiger partial charge is 0.261 e. The van der Waals surface area contributed by atoms with Crippen molar-refractivity contribution in [3.63, 3.8) is 0 Å². The second-order valence-electron chi connectivity index (χ2n) is 3.70. The number of hydrogen-bond donors (Lipinski definition) is 2. The van der Waals surface area contributed by atoms with Crippen molar-refractivity contribution in [1.82, 2.24) is 5.32 Å². The lowest BCUT2D eigenvalue weighted by Gasteiger charge is -2.07. The van der Waals surface area contributed by atoms with E-state index in [4.69, 9.17) is 0 Å². The second-order valence-corrected chi connectivity index (χ2v) is 3.70. The van der Waals surface area contributed by atoms with Gasteiger partial charge in [0.1, 0.15) is 12.4 Å². The summed E-state index contributed by atoms with van der Waals surface area (Å²) in [4.78, 5) is 11.4. The molecule has 1 aromatic rings. The Morgan fingerprint density at radius 1 is 1.37 bits per heavy atom. The average molecular weight is 276 g/mol. The minimum absolute atomic E-state index is 0.00540. The number of amides is 1. The van der Waals surface area contributed by atoms with Crippen molar-refractivity contribution in [1.29, 1.82) is 0 Å². The zero-order valence-corrected chi connectivity index (χ0v) is 10.2. The van der Waals surface area contributed by atoms with E-state index in [1.807, 2.05) is 0 Å². The second kappa shape index (κ2) is 8.49. The molecule has 7 heteroatoms. The van der Waals surface area contributed by atoms with Gasteiger partial charge in [0.05, 0.1) is 13.2 Å². The third-order valence-corrected chi connectivity index (χ3v) is 2.06. The van der Waals surface area contributed by atoms with Gasteiger partial charge in [-0.15, -0.1) is 0 Å². The first-order chi connectivity index (χ1) is 9.08. The Morgan fingerprint density at radius 3 is 2.84 bits per heavy atom. The molecular formula is C12H15F3N2O2. The van der Waals surface area contributed by atoms with Crippen LogP contribution < -0.4 is 10.6 Å². The molecule has 106 valence electrons. The molecule has 0 unspecified atom stereocenters. The number of ether oxygens (including phenoxy) is 1. The van der Waals surface area contributed by atoms with Crippen molar-refractivity contribution in [3.05, 3.63) is 30.1 Å². The highest BCUT2D eigenvalue weighted by Crippen LogP contribution is 2.08. The molecule has 0 heterocycles. The number of carbonyl (C=O) groups is 1. The summed E-state index contributed by atoms with van der Waals surface area (Å²) in [6, 6.07) is 5.52. The van der Waals surface area contributed by atoms with E-state index >= 15 is 0 Å². The van der Waals surface area contributed by atoms with Gasteiger partial charge in [0.2, 0.25) is 5.91 Å². The van der Waals surface area contributed by atoms with Crippen LogP contribution in [-0.2, 0) is 9.53 Å². The maximum atomic E-state index is 12.8. The Morgan fingerprint density at radius 2 is 2.16 bits per heavy atom. The third kappa shape index (κ3) is 7.43. The molecule has 0 aliphatic heterocycles. The number of carbonyl (C=O) groups excluding carboxylic acids is 1. The maximum absolute atomic E-state index is 12.8. The molecule has 0 saturated carbocycles. The molecule has 0 spiro atoms. The van der Waals surface area contributed by atoms with Crippen LogP contribution in [-0.4, -0.2) is 38.6 Å². The van der Waals surface area contributed by atoms with Crippen molar-refractivity contribution >= 4 is 11.6 Å². The van der Waals surface area contributed by atoms with E-state index in [1.165, 1.54) is 18.2 Å². The molecule has 0 saturated heterocycles. The predicted octanol–water partition coefficient (Wildman–Crippen LogP) is 1.64. The van der Waals surface area contributed by atoms with Crippen LogP contribution in [0, 0.1) is 5.82 Å². The quantitative estimate of drug-likeness (QED) is 0.710. The molecule has 0 fully saturated rings. The van der Waals surface area contributed by atoms with E-state index in [0.717, 1.165) is 0 Å². The van der Waals surface area contributed by atoms with Crippen LogP contribution in [0.15, 0.2) is 24.3 Å². The van der Waals surface area contributed by atoms with Crippen LogP contribution >= 0.6 is 0 Å². The number of hydrogen-bond acceptors (Lipinski definition) is 3. The summed E-state index contributed by atoms with van der Waals surface area (Å²) in [6.45, 7) is -0.243. The molecule has 19 heavy (non-hydrogen) atoms. The van der Waals surface area contributed by atoms with Gasteiger partial charge in [-0.1, -0.05) is 6.07 Å². The molecule has 0 radical (unpaired) electrons. The lowest BCUT2D eigenvalue weighted by atomic mass is 10.3. The molecule has 0 bridgehead atoms. The van der Waals surface area contributed by atoms with Crippen LogP contribution in [0.25, 0.3) is 0 Å². The van der Waals surface area contributed by atoms with Crippen LogP contribution in [0.3, 0.4) is 0 Å². The topological polar surface area (TPSA) is 50.4 Å². The Bertz CT molecular complexity index is 402. The van der Waals surface area contributed by atoms with Gasteiger partial charge in [-0.05, 0) is 18.2 Å². The van der Waals surface area contributed by atoms with Gasteiger partial charge in [0.25, 0.3) is 6.43 Å². The van der Waals surface area contributed by atoms with Gasteiger partial charge in [-0.3, -0.25) is 4.79 Å². The zero-order chi connectivity index (χ0) is 14.1. The van der Waals surface area contributed by atoms with Crippen LogP contribution in [0.4, 0.5) is 18.9 Å². The van der Waals surface area contributed by atoms with E-state index < -0.39 is 18.8 Å². The number of nitrogens with one attached hydrogen (secondary N) is 2. The first kappa shape index (κ1) is 15.5. The summed E-state index contributed by atoms with van der Waals surface area (Å²) in [7, 11) is 0. The van der Waals surface area contributed by atoms with Gasteiger partial charge < -0.3 is 15.4 Å². The Hall–Kier alpha value is -1.60. The SMILES string of the molecule is O=C(CNCCOCC(F)F)Nc1cccc(F)c1. The van der Waals surface area contributed by atoms with Gasteiger partial charge in [-0.25, -0.2) is 13.2 Å². The summed E-state index contributed by atoms with van der Waals surface area (Å²) in [5, 5.41) is 5.21. The first-order valence-corrected chi connectivity index (χ1v) is 5.70. The van der Waals surface area contributed by atoms with Crippen LogP contribution in [0.1, 0.15) is 0 Å². The zero-order valence-electron chi connectivity index (χ0n) is 10.2. The highest BCUT2D eigenvalue weighted by molar-refractivity contribution is 5.92. The lowest BCUT2D eigenvalue weighted by molar-refractivity contribution is -0.115. The fourth-order valence-corrected chi connectivity index (χ4v) is 1.29. The molecule has 1 rings (SSSR count). The fourth-order valence-electron chi connectivity index (χ4n) is 1.29. The molecular weight excluding hydrogens is 261 g/mol. The van der Waals surface area contributed by atoms with E-state index in [2.05, 4.69) is 15.4 Å². The number of rotatable bonds is 8. The molecule has 0 atom stereocenters. The standard InChI is InChI=1S/C12H15F3N2O2/c13-9-2-1-3-10(6-9)17-12(18)7-16-4-5-19-8-11(14)15/h1-3,6,11,16H,4-5,7-8H2,(H,17,18). The highest BCUT2D eigenvalue weighted by atomic mass is 19.3. The van der Waals surface area contributed by atoms with Crippen LogP contribution in [0.2, 0.25) is 0 Å². The van der Waals surface area contributed by atoms with E-state index in [1.54, 1.807) is 6.07 Å². The van der Waals surface area contributed by atoms with E-state index in [-0.39, 0.29) is 25.6 Å². The predicted molar refractivity (Wildman–Crippen MR) is 64.7 cm³/mol. The van der Waals surface area contributed by atoms with Crippen molar-refractivity contribution in [2.45, 2.75) is 6.43 Å². The summed E-state index contributed by atoms with van der Waals surface area (Å²) in [5.41, 5.74) is 0.362. The Balaban J connectivity index is 2.11. The largest absolute Gasteiger partial charge is 0.374 e. The first-order valence-electron chi connectivity index (χ1n) is 5.70. The van der Waals surface area contributed by atoms with E-state index in [0.29, 0.717) is 5.69 Å². The normalized spacial score (nSPS) is 10.7. The van der Waals surface area contributed by atoms with Crippen molar-refractivity contribution in [3.8, 4) is 0 Å². The highest BCUT2D eigenvalue weighted by Gasteiger charge is 2.03. The number of anilines is 1. The minimum atomic E-state index is -2.49. The Labute approximate surface area is 108 Å². The number of halogens is 3. The molecule has 2 N–H and O–H groups in total. The molecule has 1 aromatic carbocycles. The molecule has 0 aliphatic carbocycles. The van der Waals surface area contributed by atoms with Crippen molar-refractivity contribution in [2.24, 2.45) is 0 Å². The fraction of sp³-hybridized carbons (Fsp3) is 0.417.